The van der Waals surface area contributed by atoms with Gasteiger partial charge in [0.25, 0.3) is 0 Å². The van der Waals surface area contributed by atoms with Gasteiger partial charge in [-0.15, -0.1) is 13.2 Å². The molecule has 1 aliphatic heterocycles. The summed E-state index contributed by atoms with van der Waals surface area (Å²) in [5.74, 6) is 0. The molecule has 4 heteroatoms. The predicted molar refractivity (Wildman–Crippen MR) is 106 cm³/mol. The highest BCUT2D eigenvalue weighted by Crippen LogP contribution is 2.38. The maximum Gasteiger partial charge on any atom is 0.0566 e. The Morgan fingerprint density at radius 2 is 1.75 bits per heavy atom. The summed E-state index contributed by atoms with van der Waals surface area (Å²) in [5.41, 5.74) is 11.2. The molecule has 1 heterocycles. The molecular formula is C20H29N3S. The average molecular weight is 344 g/mol. The van der Waals surface area contributed by atoms with E-state index >= 15 is 0 Å². The number of hydrazine groups is 1. The van der Waals surface area contributed by atoms with E-state index in [0.717, 1.165) is 6.54 Å². The molecule has 0 bridgehead atoms. The predicted octanol–water partition coefficient (Wildman–Crippen LogP) is 4.30. The van der Waals surface area contributed by atoms with Crippen LogP contribution in [-0.2, 0) is 25.7 Å². The van der Waals surface area contributed by atoms with Crippen molar-refractivity contribution < 1.29 is 0 Å². The molecule has 0 radical (unpaired) electrons. The molecule has 1 unspecified atom stereocenters. The van der Waals surface area contributed by atoms with E-state index < -0.39 is 0 Å². The Morgan fingerprint density at radius 3 is 2.38 bits per heavy atom. The van der Waals surface area contributed by atoms with Crippen LogP contribution < -0.4 is 15.6 Å². The van der Waals surface area contributed by atoms with Gasteiger partial charge >= 0.3 is 0 Å². The van der Waals surface area contributed by atoms with Gasteiger partial charge in [-0.05, 0) is 97.5 Å². The minimum absolute atomic E-state index is 0.569. The Morgan fingerprint density at radius 1 is 1.04 bits per heavy atom. The van der Waals surface area contributed by atoms with Crippen LogP contribution in [0.3, 0.4) is 0 Å². The van der Waals surface area contributed by atoms with Gasteiger partial charge in [-0.25, -0.2) is 0 Å². The molecule has 0 spiro atoms. The number of benzene rings is 1. The first-order valence-electron chi connectivity index (χ1n) is 9.15. The molecule has 1 saturated heterocycles. The van der Waals surface area contributed by atoms with Crippen LogP contribution in [0.5, 0.6) is 0 Å². The Hall–Kier alpha value is -1.23. The Kier molecular flexibility index (Phi) is 6.41. The third-order valence-corrected chi connectivity index (χ3v) is 5.70. The molecule has 0 saturated carbocycles. The molecule has 3 N–H and O–H groups in total. The Balaban J connectivity index is 0.000000815. The molecule has 0 amide bonds. The van der Waals surface area contributed by atoms with Crippen molar-refractivity contribution in [3.05, 3.63) is 53.0 Å². The van der Waals surface area contributed by atoms with Gasteiger partial charge in [0, 0.05) is 6.04 Å². The molecule has 2 aliphatic carbocycles. The summed E-state index contributed by atoms with van der Waals surface area (Å²) in [6.45, 7) is 7.16. The van der Waals surface area contributed by atoms with Crippen LogP contribution in [0.4, 0.5) is 5.69 Å². The Labute approximate surface area is 150 Å². The van der Waals surface area contributed by atoms with Crippen LogP contribution in [0, 0.1) is 0 Å². The number of fused-ring (bicyclic) bond motifs is 2. The molecule has 1 atom stereocenters. The third-order valence-electron chi connectivity index (χ3n) is 5.19. The van der Waals surface area contributed by atoms with Gasteiger partial charge in [-0.1, -0.05) is 12.1 Å². The lowest BCUT2D eigenvalue weighted by Crippen LogP contribution is -2.18. The summed E-state index contributed by atoms with van der Waals surface area (Å²) in [6, 6.07) is 3.05. The SMILES string of the molecule is C(=C\C1CCCN1)/SNNc1c2c(cc3c1CCC3)CCC2.C=C. The summed E-state index contributed by atoms with van der Waals surface area (Å²) < 4.78 is 0. The summed E-state index contributed by atoms with van der Waals surface area (Å²) in [5, 5.41) is 5.65. The average Bonchev–Trinajstić information content (AvgIpc) is 3.36. The van der Waals surface area contributed by atoms with Crippen molar-refractivity contribution in [1.29, 1.82) is 0 Å². The van der Waals surface area contributed by atoms with Crippen molar-refractivity contribution >= 4 is 17.6 Å². The van der Waals surface area contributed by atoms with Crippen LogP contribution in [0.1, 0.15) is 47.9 Å². The molecule has 3 aliphatic rings. The monoisotopic (exact) mass is 343 g/mol. The fourth-order valence-corrected chi connectivity index (χ4v) is 4.59. The number of anilines is 1. The number of hydrogen-bond acceptors (Lipinski definition) is 4. The summed E-state index contributed by atoms with van der Waals surface area (Å²) in [4.78, 5) is 3.34. The Bertz CT molecular complexity index is 559. The first-order valence-corrected chi connectivity index (χ1v) is 10.0. The van der Waals surface area contributed by atoms with E-state index in [4.69, 9.17) is 0 Å². The van der Waals surface area contributed by atoms with Gasteiger partial charge in [0.2, 0.25) is 0 Å². The number of rotatable bonds is 5. The van der Waals surface area contributed by atoms with E-state index in [1.807, 2.05) is 0 Å². The maximum absolute atomic E-state index is 3.51. The topological polar surface area (TPSA) is 36.1 Å². The van der Waals surface area contributed by atoms with E-state index in [1.54, 1.807) is 34.2 Å². The van der Waals surface area contributed by atoms with Crippen molar-refractivity contribution in [1.82, 2.24) is 10.1 Å². The van der Waals surface area contributed by atoms with Crippen molar-refractivity contribution in [2.24, 2.45) is 0 Å². The number of aryl methyl sites for hydroxylation is 2. The highest BCUT2D eigenvalue weighted by Gasteiger charge is 2.23. The van der Waals surface area contributed by atoms with E-state index in [2.05, 4.69) is 46.3 Å². The van der Waals surface area contributed by atoms with Crippen LogP contribution in [-0.4, -0.2) is 12.6 Å². The molecule has 130 valence electrons. The zero-order valence-corrected chi connectivity index (χ0v) is 15.3. The highest BCUT2D eigenvalue weighted by molar-refractivity contribution is 8.00. The van der Waals surface area contributed by atoms with Gasteiger partial charge in [0.05, 0.1) is 5.69 Å². The second-order valence-electron chi connectivity index (χ2n) is 6.61. The zero-order valence-electron chi connectivity index (χ0n) is 14.5. The van der Waals surface area contributed by atoms with Crippen molar-refractivity contribution in [3.8, 4) is 0 Å². The summed E-state index contributed by atoms with van der Waals surface area (Å²) in [7, 11) is 0. The van der Waals surface area contributed by atoms with Crippen molar-refractivity contribution in [2.45, 2.75) is 57.4 Å². The van der Waals surface area contributed by atoms with Gasteiger partial charge in [0.1, 0.15) is 0 Å². The molecule has 4 rings (SSSR count). The van der Waals surface area contributed by atoms with E-state index in [9.17, 15) is 0 Å². The van der Waals surface area contributed by atoms with Gasteiger partial charge < -0.3 is 10.7 Å². The van der Waals surface area contributed by atoms with Gasteiger partial charge in [0.15, 0.2) is 0 Å². The standard InChI is InChI=1S/C18H25N3S.C2H4/c1-4-13-12-14-5-2-8-17(14)18(16(13)7-1)20-21-22-11-9-15-6-3-10-19-15;1-2/h9,11-12,15,19-21H,1-8,10H2;1-2H2/b11-9+;. The van der Waals surface area contributed by atoms with Crippen molar-refractivity contribution in [2.75, 3.05) is 12.0 Å². The fraction of sp³-hybridized carbons (Fsp3) is 0.500. The third kappa shape index (κ3) is 3.88. The maximum atomic E-state index is 3.51. The zero-order chi connectivity index (χ0) is 16.8. The second kappa shape index (κ2) is 8.75. The first kappa shape index (κ1) is 17.6. The molecule has 0 aromatic heterocycles. The van der Waals surface area contributed by atoms with Crippen molar-refractivity contribution in [3.63, 3.8) is 0 Å². The first-order chi connectivity index (χ1) is 11.9. The summed E-state index contributed by atoms with van der Waals surface area (Å²) in [6.07, 6.45) is 12.5. The fourth-order valence-electron chi connectivity index (χ4n) is 4.09. The van der Waals surface area contributed by atoms with E-state index in [-0.39, 0.29) is 0 Å². The highest BCUT2D eigenvalue weighted by atomic mass is 32.2. The van der Waals surface area contributed by atoms with Crippen LogP contribution >= 0.6 is 11.9 Å². The number of nitrogens with one attached hydrogen (secondary N) is 3. The molecular weight excluding hydrogens is 314 g/mol. The lowest BCUT2D eigenvalue weighted by molar-refractivity contribution is 0.728. The van der Waals surface area contributed by atoms with Crippen LogP contribution in [0.2, 0.25) is 0 Å². The molecule has 1 aromatic carbocycles. The summed E-state index contributed by atoms with van der Waals surface area (Å²) >= 11 is 1.64. The van der Waals surface area contributed by atoms with E-state index in [1.165, 1.54) is 57.1 Å². The quantitative estimate of drug-likeness (QED) is 0.322. The lowest BCUT2D eigenvalue weighted by atomic mass is 9.99. The normalized spacial score (nSPS) is 21.4. The molecule has 1 fully saturated rings. The smallest absolute Gasteiger partial charge is 0.0566 e. The van der Waals surface area contributed by atoms with Crippen LogP contribution in [0.25, 0.3) is 0 Å². The second-order valence-corrected chi connectivity index (χ2v) is 7.32. The molecule has 3 nitrogen and oxygen atoms in total. The largest absolute Gasteiger partial charge is 0.311 e. The van der Waals surface area contributed by atoms with Crippen LogP contribution in [0.15, 0.2) is 30.7 Å². The minimum Gasteiger partial charge on any atom is -0.311 e. The molecule has 24 heavy (non-hydrogen) atoms. The molecule has 1 aromatic rings. The van der Waals surface area contributed by atoms with Gasteiger partial charge in [-0.3, -0.25) is 0 Å². The lowest BCUT2D eigenvalue weighted by Gasteiger charge is -2.16. The van der Waals surface area contributed by atoms with E-state index in [0.29, 0.717) is 6.04 Å². The van der Waals surface area contributed by atoms with Gasteiger partial charge in [-0.2, -0.15) is 4.83 Å². The minimum atomic E-state index is 0.569. The number of hydrogen-bond donors (Lipinski definition) is 3.